The summed E-state index contributed by atoms with van der Waals surface area (Å²) in [7, 11) is 0. The lowest BCUT2D eigenvalue weighted by molar-refractivity contribution is -0.151. The van der Waals surface area contributed by atoms with Crippen molar-refractivity contribution in [2.75, 3.05) is 5.48 Å². The largest absolute Gasteiger partial charge is 0.342 e. The number of hydrogen-bond acceptors (Lipinski definition) is 7. The Balaban J connectivity index is 1.48. The van der Waals surface area contributed by atoms with Gasteiger partial charge < -0.3 is 4.84 Å². The van der Waals surface area contributed by atoms with E-state index in [0.29, 0.717) is 16.8 Å². The number of nitrogens with zero attached hydrogens (tertiary/aromatic N) is 3. The number of nitrogens with one attached hydrogen (secondary N) is 1. The second-order valence-corrected chi connectivity index (χ2v) is 8.09. The zero-order chi connectivity index (χ0) is 17.4. The molecule has 25 heavy (non-hydrogen) atoms. The summed E-state index contributed by atoms with van der Waals surface area (Å²) < 4.78 is 14.8. The molecule has 2 bridgehead atoms. The van der Waals surface area contributed by atoms with Crippen molar-refractivity contribution < 1.29 is 14.0 Å². The molecule has 0 aliphatic heterocycles. The Hall–Kier alpha value is -1.61. The number of hydrogen-bond donors (Lipinski definition) is 1. The molecule has 3 aliphatic rings. The van der Waals surface area contributed by atoms with Gasteiger partial charge in [0.25, 0.3) is 0 Å². The van der Waals surface area contributed by atoms with Crippen molar-refractivity contribution in [1.29, 1.82) is 0 Å². The molecule has 3 fully saturated rings. The number of carbonyl (C=O) groups excluding carboxylic acids is 1. The lowest BCUT2D eigenvalue weighted by Crippen LogP contribution is -2.37. The number of aromatic nitrogens is 3. The minimum Gasteiger partial charge on any atom is -0.342 e. The van der Waals surface area contributed by atoms with Crippen LogP contribution in [0.15, 0.2) is 16.3 Å². The van der Waals surface area contributed by atoms with Crippen molar-refractivity contribution in [2.24, 2.45) is 17.8 Å². The summed E-state index contributed by atoms with van der Waals surface area (Å²) >= 11 is 4.42. The molecule has 9 heteroatoms. The number of fused-ring (bicyclic) bond motifs is 3. The zero-order valence-corrected chi connectivity index (χ0v) is 15.6. The Morgan fingerprint density at radius 2 is 2.12 bits per heavy atom. The summed E-state index contributed by atoms with van der Waals surface area (Å²) in [6.45, 7) is 0. The molecule has 5 rings (SSSR count). The van der Waals surface area contributed by atoms with E-state index in [4.69, 9.17) is 4.84 Å². The lowest BCUT2D eigenvalue weighted by Gasteiger charge is -2.40. The van der Waals surface area contributed by atoms with Gasteiger partial charge in [-0.15, -0.1) is 11.3 Å². The topological polar surface area (TPSA) is 77.0 Å². The molecule has 1 atom stereocenters. The predicted octanol–water partition coefficient (Wildman–Crippen LogP) is 4.20. The molecule has 0 spiro atoms. The molecule has 0 aromatic carbocycles. The Kier molecular flexibility index (Phi) is 4.68. The van der Waals surface area contributed by atoms with Crippen molar-refractivity contribution in [1.82, 2.24) is 15.0 Å². The Morgan fingerprint density at radius 1 is 1.32 bits per heavy atom. The van der Waals surface area contributed by atoms with Crippen LogP contribution in [0.2, 0.25) is 0 Å². The van der Waals surface area contributed by atoms with Crippen LogP contribution in [0.3, 0.4) is 0 Å². The highest BCUT2D eigenvalue weighted by atomic mass is 79.9. The fourth-order valence-electron chi connectivity index (χ4n) is 3.81. The van der Waals surface area contributed by atoms with Crippen LogP contribution in [-0.4, -0.2) is 20.9 Å². The van der Waals surface area contributed by atoms with Crippen LogP contribution in [0.25, 0.3) is 10.7 Å². The van der Waals surface area contributed by atoms with E-state index >= 15 is 0 Å². The van der Waals surface area contributed by atoms with E-state index in [1.165, 1.54) is 24.2 Å². The minimum absolute atomic E-state index is 0.0622. The van der Waals surface area contributed by atoms with Crippen molar-refractivity contribution in [3.05, 3.63) is 22.1 Å². The molecule has 2 aromatic rings. The maximum Gasteiger partial charge on any atom is 0.335 e. The zero-order valence-electron chi connectivity index (χ0n) is 13.2. The highest BCUT2D eigenvalue weighted by Gasteiger charge is 2.40. The normalized spacial score (nSPS) is 25.0. The Bertz CT molecular complexity index is 781. The third-order valence-electron chi connectivity index (χ3n) is 5.06. The SMILES string of the molecule is O=C(ONc1nc(Br)nc(-c2nccs2)c1F)C1CC2CCC1CC2. The first kappa shape index (κ1) is 16.8. The number of carbonyl (C=O) groups is 1. The highest BCUT2D eigenvalue weighted by molar-refractivity contribution is 9.10. The fourth-order valence-corrected chi connectivity index (χ4v) is 4.78. The van der Waals surface area contributed by atoms with Gasteiger partial charge in [0, 0.05) is 11.6 Å². The molecular formula is C16H16BrFN4O2S. The summed E-state index contributed by atoms with van der Waals surface area (Å²) in [6, 6.07) is 0. The van der Waals surface area contributed by atoms with E-state index in [2.05, 4.69) is 36.4 Å². The van der Waals surface area contributed by atoms with E-state index < -0.39 is 5.82 Å². The van der Waals surface area contributed by atoms with Gasteiger partial charge in [-0.3, -0.25) is 0 Å². The number of rotatable bonds is 4. The molecule has 2 aromatic heterocycles. The number of halogens is 2. The van der Waals surface area contributed by atoms with Crippen LogP contribution in [0.1, 0.15) is 32.1 Å². The molecule has 1 unspecified atom stereocenters. The van der Waals surface area contributed by atoms with Crippen molar-refractivity contribution in [2.45, 2.75) is 32.1 Å². The monoisotopic (exact) mass is 426 g/mol. The average Bonchev–Trinajstić information content (AvgIpc) is 3.17. The van der Waals surface area contributed by atoms with Crippen LogP contribution in [0.5, 0.6) is 0 Å². The molecule has 0 radical (unpaired) electrons. The second kappa shape index (κ2) is 6.95. The number of anilines is 1. The van der Waals surface area contributed by atoms with Gasteiger partial charge in [-0.05, 0) is 47.0 Å². The maximum atomic E-state index is 14.6. The lowest BCUT2D eigenvalue weighted by atomic mass is 9.65. The molecule has 2 heterocycles. The molecule has 6 nitrogen and oxygen atoms in total. The smallest absolute Gasteiger partial charge is 0.335 e. The molecule has 0 saturated heterocycles. The average molecular weight is 427 g/mol. The van der Waals surface area contributed by atoms with Gasteiger partial charge in [0.15, 0.2) is 10.6 Å². The summed E-state index contributed by atoms with van der Waals surface area (Å²) in [4.78, 5) is 29.6. The van der Waals surface area contributed by atoms with Gasteiger partial charge in [0.05, 0.1) is 5.92 Å². The maximum absolute atomic E-state index is 14.6. The van der Waals surface area contributed by atoms with Gasteiger partial charge in [0.2, 0.25) is 5.82 Å². The van der Waals surface area contributed by atoms with Crippen LogP contribution in [0.4, 0.5) is 10.2 Å². The summed E-state index contributed by atoms with van der Waals surface area (Å²) in [6.07, 6.45) is 6.99. The van der Waals surface area contributed by atoms with Crippen LogP contribution in [0, 0.1) is 23.6 Å². The Morgan fingerprint density at radius 3 is 2.76 bits per heavy atom. The first-order valence-corrected chi connectivity index (χ1v) is 9.88. The molecule has 132 valence electrons. The van der Waals surface area contributed by atoms with Crippen LogP contribution >= 0.6 is 27.3 Å². The van der Waals surface area contributed by atoms with Gasteiger partial charge in [-0.25, -0.2) is 19.2 Å². The van der Waals surface area contributed by atoms with Gasteiger partial charge in [0.1, 0.15) is 10.7 Å². The van der Waals surface area contributed by atoms with E-state index in [1.54, 1.807) is 11.6 Å². The third kappa shape index (κ3) is 3.39. The standard InChI is InChI=1S/C16H16BrFN4O2S/c17-16-20-12(14-19-5-6-25-14)11(18)13(21-16)22-24-15(23)10-7-8-1-3-9(10)4-2-8/h5-6,8-10H,1-4,7H2,(H,20,21,22). The first-order valence-electron chi connectivity index (χ1n) is 8.21. The van der Waals surface area contributed by atoms with Crippen molar-refractivity contribution >= 4 is 39.1 Å². The predicted molar refractivity (Wildman–Crippen MR) is 94.1 cm³/mol. The molecule has 0 amide bonds. The molecule has 3 aliphatic carbocycles. The fraction of sp³-hybridized carbons (Fsp3) is 0.500. The molecule has 1 N–H and O–H groups in total. The quantitative estimate of drug-likeness (QED) is 0.582. The van der Waals surface area contributed by atoms with E-state index in [0.717, 1.165) is 19.3 Å². The number of thiazole rings is 1. The van der Waals surface area contributed by atoms with Gasteiger partial charge >= 0.3 is 5.97 Å². The Labute approximate surface area is 156 Å². The van der Waals surface area contributed by atoms with E-state index in [1.807, 2.05) is 0 Å². The third-order valence-corrected chi connectivity index (χ3v) is 6.19. The van der Waals surface area contributed by atoms with Crippen LogP contribution in [-0.2, 0) is 9.63 Å². The van der Waals surface area contributed by atoms with E-state index in [-0.39, 0.29) is 28.1 Å². The molecular weight excluding hydrogens is 411 g/mol. The van der Waals surface area contributed by atoms with Crippen molar-refractivity contribution in [3.63, 3.8) is 0 Å². The van der Waals surface area contributed by atoms with Gasteiger partial charge in [-0.1, -0.05) is 12.8 Å². The van der Waals surface area contributed by atoms with E-state index in [9.17, 15) is 9.18 Å². The summed E-state index contributed by atoms with van der Waals surface area (Å²) in [5.41, 5.74) is 2.45. The summed E-state index contributed by atoms with van der Waals surface area (Å²) in [5.74, 6) is -0.320. The second-order valence-electron chi connectivity index (χ2n) is 6.49. The highest BCUT2D eigenvalue weighted by Crippen LogP contribution is 2.45. The minimum atomic E-state index is -0.698. The first-order chi connectivity index (χ1) is 12.1. The summed E-state index contributed by atoms with van der Waals surface area (Å²) in [5, 5.41) is 2.16. The van der Waals surface area contributed by atoms with Crippen LogP contribution < -0.4 is 5.48 Å². The molecule has 3 saturated carbocycles. The van der Waals surface area contributed by atoms with Crippen molar-refractivity contribution in [3.8, 4) is 10.7 Å². The van der Waals surface area contributed by atoms with Gasteiger partial charge in [-0.2, -0.15) is 10.5 Å².